The van der Waals surface area contributed by atoms with Crippen molar-refractivity contribution in [3.8, 4) is 23.0 Å². The van der Waals surface area contributed by atoms with Crippen LogP contribution in [0.3, 0.4) is 0 Å². The zero-order valence-electron chi connectivity index (χ0n) is 17.9. The van der Waals surface area contributed by atoms with E-state index in [1.165, 1.54) is 20.4 Å². The second kappa shape index (κ2) is 11.5. The van der Waals surface area contributed by atoms with Gasteiger partial charge in [-0.05, 0) is 66.2 Å². The Kier molecular flexibility index (Phi) is 8.26. The number of rotatable bonds is 9. The molecule has 0 fully saturated rings. The van der Waals surface area contributed by atoms with E-state index >= 15 is 0 Å². The molecule has 0 radical (unpaired) electrons. The molecule has 1 amide bonds. The highest BCUT2D eigenvalue weighted by molar-refractivity contribution is 6.30. The molecule has 0 aliphatic heterocycles. The van der Waals surface area contributed by atoms with Crippen LogP contribution in [0.15, 0.2) is 71.8 Å². The van der Waals surface area contributed by atoms with Crippen LogP contribution in [-0.4, -0.2) is 38.9 Å². The third-order valence-electron chi connectivity index (χ3n) is 4.28. The molecule has 9 heteroatoms. The highest BCUT2D eigenvalue weighted by atomic mass is 35.5. The van der Waals surface area contributed by atoms with Gasteiger partial charge in [-0.3, -0.25) is 4.79 Å². The normalized spacial score (nSPS) is 10.5. The highest BCUT2D eigenvalue weighted by Gasteiger charge is 2.13. The zero-order chi connectivity index (χ0) is 23.6. The van der Waals surface area contributed by atoms with Crippen molar-refractivity contribution in [3.05, 3.63) is 82.9 Å². The Labute approximate surface area is 195 Å². The number of ether oxygens (including phenoxy) is 4. The second-order valence-corrected chi connectivity index (χ2v) is 7.00. The van der Waals surface area contributed by atoms with E-state index in [1.54, 1.807) is 66.7 Å². The fourth-order valence-corrected chi connectivity index (χ4v) is 2.85. The Morgan fingerprint density at radius 1 is 0.939 bits per heavy atom. The van der Waals surface area contributed by atoms with Crippen LogP contribution in [-0.2, 0) is 4.79 Å². The van der Waals surface area contributed by atoms with Crippen LogP contribution in [0.2, 0.25) is 5.02 Å². The molecule has 8 nitrogen and oxygen atoms in total. The van der Waals surface area contributed by atoms with E-state index in [1.807, 2.05) is 0 Å². The van der Waals surface area contributed by atoms with E-state index in [9.17, 15) is 9.59 Å². The summed E-state index contributed by atoms with van der Waals surface area (Å²) in [5, 5.41) is 4.40. The summed E-state index contributed by atoms with van der Waals surface area (Å²) in [6.45, 7) is -0.206. The van der Waals surface area contributed by atoms with E-state index in [0.29, 0.717) is 39.1 Å². The number of hydrazone groups is 1. The molecule has 0 heterocycles. The van der Waals surface area contributed by atoms with Crippen LogP contribution in [0.25, 0.3) is 0 Å². The monoisotopic (exact) mass is 468 g/mol. The van der Waals surface area contributed by atoms with E-state index in [-0.39, 0.29) is 6.61 Å². The molecule has 0 unspecified atom stereocenters. The third-order valence-corrected chi connectivity index (χ3v) is 4.51. The molecule has 0 saturated carbocycles. The number of esters is 1. The minimum Gasteiger partial charge on any atom is -0.493 e. The average molecular weight is 469 g/mol. The number of nitrogens with one attached hydrogen (secondary N) is 1. The fraction of sp³-hybridized carbons (Fsp3) is 0.125. The predicted molar refractivity (Wildman–Crippen MR) is 124 cm³/mol. The zero-order valence-corrected chi connectivity index (χ0v) is 18.7. The van der Waals surface area contributed by atoms with Crippen molar-refractivity contribution in [2.75, 3.05) is 20.8 Å². The van der Waals surface area contributed by atoms with E-state index in [2.05, 4.69) is 10.5 Å². The van der Waals surface area contributed by atoms with E-state index in [0.717, 1.165) is 0 Å². The summed E-state index contributed by atoms with van der Waals surface area (Å²) < 4.78 is 21.1. The van der Waals surface area contributed by atoms with Gasteiger partial charge in [0.2, 0.25) is 0 Å². The van der Waals surface area contributed by atoms with Crippen molar-refractivity contribution in [2.45, 2.75) is 0 Å². The maximum absolute atomic E-state index is 12.4. The first kappa shape index (κ1) is 23.6. The van der Waals surface area contributed by atoms with Crippen molar-refractivity contribution >= 4 is 29.7 Å². The SMILES string of the molecule is COc1ccc(C(=O)Oc2ccc(C=NNC(=O)COc3cccc(Cl)c3)cc2)cc1OC. The van der Waals surface area contributed by atoms with Crippen LogP contribution in [0.4, 0.5) is 0 Å². The molecule has 3 aromatic carbocycles. The molecule has 170 valence electrons. The second-order valence-electron chi connectivity index (χ2n) is 6.57. The number of carbonyl (C=O) groups excluding carboxylic acids is 2. The molecule has 0 atom stereocenters. The summed E-state index contributed by atoms with van der Waals surface area (Å²) in [5.74, 6) is 0.820. The molecule has 0 aliphatic rings. The van der Waals surface area contributed by atoms with Gasteiger partial charge in [0.1, 0.15) is 11.5 Å². The summed E-state index contributed by atoms with van der Waals surface area (Å²) in [7, 11) is 3.00. The lowest BCUT2D eigenvalue weighted by Crippen LogP contribution is -2.24. The molecule has 0 aliphatic carbocycles. The van der Waals surface area contributed by atoms with Crippen LogP contribution >= 0.6 is 11.6 Å². The molecule has 3 rings (SSSR count). The standard InChI is InChI=1S/C24H21ClN2O6/c1-30-21-11-8-17(12-22(21)31-2)24(29)33-19-9-6-16(7-10-19)14-26-27-23(28)15-32-20-5-3-4-18(25)13-20/h3-14H,15H2,1-2H3,(H,27,28). The Balaban J connectivity index is 1.50. The molecule has 33 heavy (non-hydrogen) atoms. The van der Waals surface area contributed by atoms with Crippen molar-refractivity contribution in [2.24, 2.45) is 5.10 Å². The lowest BCUT2D eigenvalue weighted by atomic mass is 10.2. The minimum absolute atomic E-state index is 0.206. The molecule has 3 aromatic rings. The predicted octanol–water partition coefficient (Wildman–Crippen LogP) is 4.11. The van der Waals surface area contributed by atoms with E-state index < -0.39 is 11.9 Å². The number of carbonyl (C=O) groups is 2. The fourth-order valence-electron chi connectivity index (χ4n) is 2.67. The number of benzene rings is 3. The maximum atomic E-state index is 12.4. The number of methoxy groups -OCH3 is 2. The van der Waals surface area contributed by atoms with Crippen LogP contribution < -0.4 is 24.4 Å². The van der Waals surface area contributed by atoms with Gasteiger partial charge in [0.15, 0.2) is 18.1 Å². The van der Waals surface area contributed by atoms with Crippen LogP contribution in [0, 0.1) is 0 Å². The van der Waals surface area contributed by atoms with E-state index in [4.69, 9.17) is 30.5 Å². The number of amides is 1. The van der Waals surface area contributed by atoms with Gasteiger partial charge in [-0.15, -0.1) is 0 Å². The van der Waals surface area contributed by atoms with Gasteiger partial charge in [-0.2, -0.15) is 5.10 Å². The molecule has 0 aromatic heterocycles. The molecule has 0 saturated heterocycles. The molecule has 0 spiro atoms. The molecular weight excluding hydrogens is 448 g/mol. The number of hydrogen-bond acceptors (Lipinski definition) is 7. The molecule has 1 N–H and O–H groups in total. The van der Waals surface area contributed by atoms with Crippen LogP contribution in [0.1, 0.15) is 15.9 Å². The Morgan fingerprint density at radius 2 is 1.70 bits per heavy atom. The lowest BCUT2D eigenvalue weighted by molar-refractivity contribution is -0.123. The lowest BCUT2D eigenvalue weighted by Gasteiger charge is -2.09. The molecular formula is C24H21ClN2O6. The van der Waals surface area contributed by atoms with Gasteiger partial charge in [0.05, 0.1) is 26.0 Å². The first-order valence-electron chi connectivity index (χ1n) is 9.73. The summed E-state index contributed by atoms with van der Waals surface area (Å²) in [6, 6.07) is 18.1. The first-order chi connectivity index (χ1) is 16.0. The van der Waals surface area contributed by atoms with Crippen molar-refractivity contribution in [1.29, 1.82) is 0 Å². The van der Waals surface area contributed by atoms with Gasteiger partial charge in [-0.1, -0.05) is 17.7 Å². The molecule has 0 bridgehead atoms. The Bertz CT molecular complexity index is 1150. The Morgan fingerprint density at radius 3 is 2.39 bits per heavy atom. The summed E-state index contributed by atoms with van der Waals surface area (Å²) in [6.07, 6.45) is 1.46. The van der Waals surface area contributed by atoms with Gasteiger partial charge >= 0.3 is 5.97 Å². The summed E-state index contributed by atoms with van der Waals surface area (Å²) >= 11 is 5.86. The van der Waals surface area contributed by atoms with Gasteiger partial charge in [0, 0.05) is 5.02 Å². The summed E-state index contributed by atoms with van der Waals surface area (Å²) in [5.41, 5.74) is 3.38. The number of halogens is 1. The quantitative estimate of drug-likeness (QED) is 0.220. The minimum atomic E-state index is -0.538. The largest absolute Gasteiger partial charge is 0.493 e. The summed E-state index contributed by atoms with van der Waals surface area (Å²) in [4.78, 5) is 24.2. The average Bonchev–Trinajstić information content (AvgIpc) is 2.83. The maximum Gasteiger partial charge on any atom is 0.343 e. The van der Waals surface area contributed by atoms with Crippen LogP contribution in [0.5, 0.6) is 23.0 Å². The highest BCUT2D eigenvalue weighted by Crippen LogP contribution is 2.28. The number of nitrogens with zero attached hydrogens (tertiary/aromatic N) is 1. The van der Waals surface area contributed by atoms with Crippen molar-refractivity contribution in [3.63, 3.8) is 0 Å². The van der Waals surface area contributed by atoms with Crippen molar-refractivity contribution in [1.82, 2.24) is 5.43 Å². The Hall–Kier alpha value is -4.04. The van der Waals surface area contributed by atoms with Crippen molar-refractivity contribution < 1.29 is 28.5 Å². The van der Waals surface area contributed by atoms with Gasteiger partial charge in [0.25, 0.3) is 5.91 Å². The first-order valence-corrected chi connectivity index (χ1v) is 10.1. The van der Waals surface area contributed by atoms with Gasteiger partial charge in [-0.25, -0.2) is 10.2 Å². The topological polar surface area (TPSA) is 95.5 Å². The number of hydrogen-bond donors (Lipinski definition) is 1. The smallest absolute Gasteiger partial charge is 0.343 e. The van der Waals surface area contributed by atoms with Gasteiger partial charge < -0.3 is 18.9 Å². The third kappa shape index (κ3) is 6.98.